The van der Waals surface area contributed by atoms with Crippen molar-refractivity contribution in [3.05, 3.63) is 58.3 Å². The summed E-state index contributed by atoms with van der Waals surface area (Å²) in [6, 6.07) is 6.47. The highest BCUT2D eigenvalue weighted by Gasteiger charge is 2.29. The zero-order valence-corrected chi connectivity index (χ0v) is 13.9. The number of carboxylic acids is 1. The Hall–Kier alpha value is -3.55. The number of carboxylic acid groups (broad SMARTS) is 1. The van der Waals surface area contributed by atoms with Crippen molar-refractivity contribution >= 4 is 27.9 Å². The summed E-state index contributed by atoms with van der Waals surface area (Å²) >= 11 is 0. The van der Waals surface area contributed by atoms with Crippen molar-refractivity contribution in [1.29, 1.82) is 0 Å². The number of benzene rings is 1. The maximum atomic E-state index is 14.7. The van der Waals surface area contributed by atoms with Gasteiger partial charge in [0.25, 0.3) is 0 Å². The number of hydrogen-bond donors (Lipinski definition) is 2. The van der Waals surface area contributed by atoms with E-state index in [1.165, 1.54) is 6.20 Å². The molecule has 7 nitrogen and oxygen atoms in total. The molecule has 1 aliphatic carbocycles. The minimum absolute atomic E-state index is 0.0306. The van der Waals surface area contributed by atoms with E-state index in [1.54, 1.807) is 29.0 Å². The van der Waals surface area contributed by atoms with Gasteiger partial charge in [0.2, 0.25) is 5.43 Å². The number of imidazole rings is 1. The van der Waals surface area contributed by atoms with E-state index in [4.69, 9.17) is 0 Å². The molecule has 0 bridgehead atoms. The molecule has 3 heterocycles. The number of nitrogens with one attached hydrogen (secondary N) is 1. The minimum atomic E-state index is -1.32. The van der Waals surface area contributed by atoms with Crippen LogP contribution in [0.3, 0.4) is 0 Å². The second-order valence-electron chi connectivity index (χ2n) is 6.59. The van der Waals surface area contributed by atoms with Crippen LogP contribution in [0.15, 0.2) is 41.5 Å². The van der Waals surface area contributed by atoms with Gasteiger partial charge in [0, 0.05) is 18.4 Å². The summed E-state index contributed by atoms with van der Waals surface area (Å²) in [7, 11) is 0. The lowest BCUT2D eigenvalue weighted by molar-refractivity contribution is 0.0695. The Bertz CT molecular complexity index is 1290. The predicted octanol–water partition coefficient (Wildman–Crippen LogP) is 3.11. The van der Waals surface area contributed by atoms with Crippen molar-refractivity contribution in [2.24, 2.45) is 0 Å². The monoisotopic (exact) mass is 364 g/mol. The normalized spacial score (nSPS) is 14.1. The summed E-state index contributed by atoms with van der Waals surface area (Å²) in [4.78, 5) is 35.7. The van der Waals surface area contributed by atoms with Crippen LogP contribution in [-0.4, -0.2) is 30.6 Å². The first-order valence-corrected chi connectivity index (χ1v) is 8.46. The smallest absolute Gasteiger partial charge is 0.341 e. The Balaban J connectivity index is 1.92. The van der Waals surface area contributed by atoms with Crippen LogP contribution in [0.5, 0.6) is 0 Å². The number of H-pyrrole nitrogens is 1. The zero-order valence-electron chi connectivity index (χ0n) is 13.9. The fourth-order valence-electron chi connectivity index (χ4n) is 3.38. The van der Waals surface area contributed by atoms with Gasteiger partial charge in [-0.25, -0.2) is 14.2 Å². The number of hydrogen-bond acceptors (Lipinski definition) is 4. The molecule has 0 spiro atoms. The fourth-order valence-corrected chi connectivity index (χ4v) is 3.38. The molecule has 2 N–H and O–H groups in total. The van der Waals surface area contributed by atoms with E-state index in [0.717, 1.165) is 18.9 Å². The number of carbonyl (C=O) groups is 1. The van der Waals surface area contributed by atoms with Gasteiger partial charge in [0.1, 0.15) is 16.8 Å². The lowest BCUT2D eigenvalue weighted by Gasteiger charge is -2.12. The highest BCUT2D eigenvalue weighted by atomic mass is 19.1. The summed E-state index contributed by atoms with van der Waals surface area (Å²) in [6.45, 7) is 0. The third-order valence-electron chi connectivity index (χ3n) is 4.79. The molecule has 1 aromatic carbocycles. The highest BCUT2D eigenvalue weighted by Crippen LogP contribution is 2.39. The standard InChI is InChI=1S/C19H13FN4O3/c20-12-7-10-16(24(9-4-5-9)8-11(17(10)25)19(26)27)15-14(12)22-18(23-15)13-3-1-2-6-21-13/h1-3,6-9H,4-5H2,(H,22,23)(H,26,27). The lowest BCUT2D eigenvalue weighted by Crippen LogP contribution is -2.19. The molecule has 1 aliphatic rings. The highest BCUT2D eigenvalue weighted by molar-refractivity contribution is 6.05. The molecule has 0 atom stereocenters. The van der Waals surface area contributed by atoms with Crippen molar-refractivity contribution in [1.82, 2.24) is 19.5 Å². The van der Waals surface area contributed by atoms with Crippen LogP contribution in [0.1, 0.15) is 29.2 Å². The van der Waals surface area contributed by atoms with Crippen molar-refractivity contribution in [2.75, 3.05) is 0 Å². The number of aromatic nitrogens is 4. The van der Waals surface area contributed by atoms with E-state index in [1.807, 2.05) is 0 Å². The van der Waals surface area contributed by atoms with E-state index >= 15 is 0 Å². The minimum Gasteiger partial charge on any atom is -0.477 e. The molecule has 3 aromatic heterocycles. The average molecular weight is 364 g/mol. The summed E-state index contributed by atoms with van der Waals surface area (Å²) in [6.07, 6.45) is 4.70. The third kappa shape index (κ3) is 2.33. The van der Waals surface area contributed by atoms with Gasteiger partial charge in [-0.3, -0.25) is 9.78 Å². The summed E-state index contributed by atoms with van der Waals surface area (Å²) in [5.74, 6) is -1.62. The first kappa shape index (κ1) is 15.7. The molecule has 0 saturated heterocycles. The molecule has 8 heteroatoms. The molecule has 1 saturated carbocycles. The van der Waals surface area contributed by atoms with Gasteiger partial charge in [0.05, 0.1) is 16.4 Å². The Morgan fingerprint density at radius 2 is 2.15 bits per heavy atom. The number of halogens is 1. The first-order chi connectivity index (χ1) is 13.0. The van der Waals surface area contributed by atoms with Crippen LogP contribution in [-0.2, 0) is 0 Å². The Morgan fingerprint density at radius 3 is 2.81 bits per heavy atom. The maximum Gasteiger partial charge on any atom is 0.341 e. The van der Waals surface area contributed by atoms with Crippen LogP contribution >= 0.6 is 0 Å². The van der Waals surface area contributed by atoms with Crippen molar-refractivity contribution in [3.63, 3.8) is 0 Å². The molecule has 0 amide bonds. The van der Waals surface area contributed by atoms with Crippen LogP contribution in [0.25, 0.3) is 33.5 Å². The van der Waals surface area contributed by atoms with E-state index < -0.39 is 17.2 Å². The van der Waals surface area contributed by atoms with Crippen LogP contribution in [0.2, 0.25) is 0 Å². The Kier molecular flexibility index (Phi) is 3.18. The summed E-state index contributed by atoms with van der Waals surface area (Å²) in [5, 5.41) is 9.38. The fraction of sp³-hybridized carbons (Fsp3) is 0.158. The van der Waals surface area contributed by atoms with Crippen molar-refractivity contribution in [2.45, 2.75) is 18.9 Å². The number of fused-ring (bicyclic) bond motifs is 3. The molecule has 5 rings (SSSR count). The Labute approximate surface area is 151 Å². The molecule has 134 valence electrons. The number of pyridine rings is 2. The van der Waals surface area contributed by atoms with E-state index in [9.17, 15) is 19.1 Å². The molecule has 1 fully saturated rings. The van der Waals surface area contributed by atoms with Gasteiger partial charge < -0.3 is 14.7 Å². The maximum absolute atomic E-state index is 14.7. The molecular weight excluding hydrogens is 351 g/mol. The second kappa shape index (κ2) is 5.47. The van der Waals surface area contributed by atoms with Crippen molar-refractivity contribution < 1.29 is 14.3 Å². The van der Waals surface area contributed by atoms with Crippen LogP contribution in [0, 0.1) is 5.82 Å². The molecular formula is C19H13FN4O3. The SMILES string of the molecule is O=C(O)c1cn(C2CC2)c2c(cc(F)c3nc(-c4ccccn4)[nH]c32)c1=O. The number of rotatable bonds is 3. The van der Waals surface area contributed by atoms with E-state index in [2.05, 4.69) is 15.0 Å². The molecule has 0 unspecified atom stereocenters. The molecule has 4 aromatic rings. The third-order valence-corrected chi connectivity index (χ3v) is 4.79. The van der Waals surface area contributed by atoms with Crippen molar-refractivity contribution in [3.8, 4) is 11.5 Å². The van der Waals surface area contributed by atoms with Gasteiger partial charge in [0.15, 0.2) is 11.6 Å². The quantitative estimate of drug-likeness (QED) is 0.582. The van der Waals surface area contributed by atoms with Gasteiger partial charge >= 0.3 is 5.97 Å². The average Bonchev–Trinajstić information content (AvgIpc) is 3.40. The van der Waals surface area contributed by atoms with Crippen LogP contribution < -0.4 is 5.43 Å². The number of aromatic amines is 1. The first-order valence-electron chi connectivity index (χ1n) is 8.46. The summed E-state index contributed by atoms with van der Waals surface area (Å²) < 4.78 is 16.5. The second-order valence-corrected chi connectivity index (χ2v) is 6.59. The molecule has 0 aliphatic heterocycles. The number of aromatic carboxylic acids is 1. The largest absolute Gasteiger partial charge is 0.477 e. The van der Waals surface area contributed by atoms with Gasteiger partial charge in [-0.15, -0.1) is 0 Å². The lowest BCUT2D eigenvalue weighted by atomic mass is 10.1. The molecule has 27 heavy (non-hydrogen) atoms. The van der Waals surface area contributed by atoms with Gasteiger partial charge in [-0.1, -0.05) is 6.07 Å². The van der Waals surface area contributed by atoms with Crippen LogP contribution in [0.4, 0.5) is 4.39 Å². The Morgan fingerprint density at radius 1 is 1.33 bits per heavy atom. The van der Waals surface area contributed by atoms with Gasteiger partial charge in [-0.2, -0.15) is 0 Å². The van der Waals surface area contributed by atoms with E-state index in [-0.39, 0.29) is 22.5 Å². The molecule has 0 radical (unpaired) electrons. The predicted molar refractivity (Wildman–Crippen MR) is 96.3 cm³/mol. The summed E-state index contributed by atoms with van der Waals surface area (Å²) in [5.41, 5.74) is 0.413. The number of nitrogens with zero attached hydrogens (tertiary/aromatic N) is 3. The zero-order chi connectivity index (χ0) is 18.7. The van der Waals surface area contributed by atoms with E-state index in [0.29, 0.717) is 22.6 Å². The van der Waals surface area contributed by atoms with Gasteiger partial charge in [-0.05, 0) is 31.0 Å². The topological polar surface area (TPSA) is 101 Å².